The van der Waals surface area contributed by atoms with Crippen LogP contribution in [0.5, 0.6) is 11.5 Å². The molecule has 0 radical (unpaired) electrons. The van der Waals surface area contributed by atoms with E-state index in [0.717, 1.165) is 18.4 Å². The molecule has 140 valence electrons. The molecule has 0 unspecified atom stereocenters. The van der Waals surface area contributed by atoms with E-state index in [1.807, 2.05) is 18.2 Å². The second kappa shape index (κ2) is 8.41. The number of aromatic nitrogens is 1. The molecule has 0 N–H and O–H groups in total. The van der Waals surface area contributed by atoms with E-state index in [0.29, 0.717) is 27.2 Å². The molecule has 1 aliphatic rings. The van der Waals surface area contributed by atoms with Gasteiger partial charge in [-0.2, -0.15) is 0 Å². The van der Waals surface area contributed by atoms with E-state index in [1.54, 1.807) is 7.11 Å². The minimum Gasteiger partial charge on any atom is -0.493 e. The number of rotatable bonds is 6. The smallest absolute Gasteiger partial charge is 0.210 e. The highest BCUT2D eigenvalue weighted by molar-refractivity contribution is 6.48. The van der Waals surface area contributed by atoms with Crippen molar-refractivity contribution in [2.24, 2.45) is 0 Å². The van der Waals surface area contributed by atoms with Gasteiger partial charge in [0.25, 0.3) is 0 Å². The van der Waals surface area contributed by atoms with Gasteiger partial charge in [-0.1, -0.05) is 26.7 Å². The maximum absolute atomic E-state index is 6.54. The summed E-state index contributed by atoms with van der Waals surface area (Å²) in [4.78, 5) is 3.93. The second-order valence-corrected chi connectivity index (χ2v) is 8.39. The first-order valence-corrected chi connectivity index (χ1v) is 9.74. The van der Waals surface area contributed by atoms with Gasteiger partial charge in [-0.15, -0.1) is 0 Å². The van der Waals surface area contributed by atoms with Crippen molar-refractivity contribution < 1.29 is 9.47 Å². The van der Waals surface area contributed by atoms with Gasteiger partial charge in [-0.3, -0.25) is 4.98 Å². The van der Waals surface area contributed by atoms with E-state index in [2.05, 4.69) is 4.98 Å². The monoisotopic (exact) mass is 435 g/mol. The Labute approximate surface area is 173 Å². The lowest BCUT2D eigenvalue weighted by Crippen LogP contribution is -2.27. The summed E-state index contributed by atoms with van der Waals surface area (Å²) < 4.78 is 11.0. The van der Waals surface area contributed by atoms with Gasteiger partial charge in [-0.05, 0) is 43.9 Å². The van der Waals surface area contributed by atoms with Gasteiger partial charge < -0.3 is 9.47 Å². The number of hydrogen-bond donors (Lipinski definition) is 0. The van der Waals surface area contributed by atoms with E-state index < -0.39 is 3.52 Å². The van der Waals surface area contributed by atoms with Crippen molar-refractivity contribution in [3.05, 3.63) is 46.2 Å². The Morgan fingerprint density at radius 3 is 2.35 bits per heavy atom. The Bertz CT molecular complexity index is 760. The molecule has 0 amide bonds. The van der Waals surface area contributed by atoms with Crippen molar-refractivity contribution in [3.63, 3.8) is 0 Å². The van der Waals surface area contributed by atoms with Gasteiger partial charge in [-0.25, -0.2) is 0 Å². The number of quaternary nitrogens is 1. The summed E-state index contributed by atoms with van der Waals surface area (Å²) >= 11 is 25.5. The molecule has 1 heterocycles. The van der Waals surface area contributed by atoms with Crippen LogP contribution in [0.15, 0.2) is 30.6 Å². The van der Waals surface area contributed by atoms with Crippen LogP contribution >= 0.6 is 46.8 Å². The molecule has 0 aliphatic heterocycles. The minimum atomic E-state index is -0.546. The molecular weight excluding hydrogens is 418 g/mol. The van der Waals surface area contributed by atoms with E-state index in [4.69, 9.17) is 56.2 Å². The van der Waals surface area contributed by atoms with Crippen LogP contribution < -0.4 is 13.0 Å². The summed E-state index contributed by atoms with van der Waals surface area (Å²) in [5.74, 6) is 1.38. The Morgan fingerprint density at radius 1 is 1.08 bits per heavy atom. The first-order valence-electron chi connectivity index (χ1n) is 8.31. The zero-order valence-electron chi connectivity index (χ0n) is 14.2. The number of pyridine rings is 1. The highest BCUT2D eigenvalue weighted by atomic mass is 35.5. The fourth-order valence-electron chi connectivity index (χ4n) is 3.12. The van der Waals surface area contributed by atoms with Gasteiger partial charge in [0.05, 0.1) is 25.6 Å². The Balaban J connectivity index is 1.86. The van der Waals surface area contributed by atoms with Crippen LogP contribution in [-0.4, -0.2) is 18.2 Å². The lowest BCUT2D eigenvalue weighted by Gasteiger charge is -2.22. The van der Waals surface area contributed by atoms with Crippen LogP contribution in [-0.2, 0) is 6.54 Å². The van der Waals surface area contributed by atoms with Crippen LogP contribution in [0.2, 0.25) is 10.0 Å². The van der Waals surface area contributed by atoms with Gasteiger partial charge in [0, 0.05) is 5.56 Å². The molecule has 4 nitrogen and oxygen atoms in total. The molecule has 2 aromatic rings. The zero-order valence-corrected chi connectivity index (χ0v) is 17.2. The molecule has 0 spiro atoms. The number of nitrogens with zero attached hydrogens (tertiary/aromatic N) is 2. The summed E-state index contributed by atoms with van der Waals surface area (Å²) in [7, 11) is 1.62. The minimum absolute atomic E-state index is 0.217. The number of hydrogen-bond acceptors (Lipinski definition) is 3. The topological polar surface area (TPSA) is 31.4 Å². The first-order chi connectivity index (χ1) is 12.4. The quantitative estimate of drug-likeness (QED) is 0.482. The number of halogens is 4. The molecule has 8 heteroatoms. The fourth-order valence-corrected chi connectivity index (χ4v) is 4.59. The fraction of sp³-hybridized carbons (Fsp3) is 0.389. The summed E-state index contributed by atoms with van der Waals surface area (Å²) in [5, 5.41) is 0.608. The van der Waals surface area contributed by atoms with Gasteiger partial charge >= 0.3 is 0 Å². The second-order valence-electron chi connectivity index (χ2n) is 6.25. The standard InChI is InChI=1S/C18H19Cl4N2O2/c1-25-16-7-6-12(8-17(16)26-13-4-2-3-5-13)11-24(21,22)18-14(19)9-23-10-15(18)20/h6-10,13H,2-5,11H2,1H3/q+1. The predicted molar refractivity (Wildman–Crippen MR) is 107 cm³/mol. The Hall–Kier alpha value is -0.910. The van der Waals surface area contributed by atoms with Gasteiger partial charge in [0.1, 0.15) is 16.6 Å². The van der Waals surface area contributed by atoms with Crippen molar-refractivity contribution >= 4 is 52.4 Å². The highest BCUT2D eigenvalue weighted by Gasteiger charge is 2.35. The summed E-state index contributed by atoms with van der Waals surface area (Å²) in [6, 6.07) is 5.64. The number of ether oxygens (including phenoxy) is 2. The lowest BCUT2D eigenvalue weighted by atomic mass is 10.2. The van der Waals surface area contributed by atoms with Crippen molar-refractivity contribution in [3.8, 4) is 11.5 Å². The van der Waals surface area contributed by atoms with Crippen LogP contribution in [0.25, 0.3) is 0 Å². The molecule has 26 heavy (non-hydrogen) atoms. The van der Waals surface area contributed by atoms with Crippen LogP contribution in [0.1, 0.15) is 31.2 Å². The van der Waals surface area contributed by atoms with Crippen molar-refractivity contribution in [2.75, 3.05) is 7.11 Å². The van der Waals surface area contributed by atoms with Crippen molar-refractivity contribution in [1.82, 2.24) is 8.51 Å². The maximum atomic E-state index is 6.54. The van der Waals surface area contributed by atoms with Crippen LogP contribution in [0.4, 0.5) is 5.69 Å². The third-order valence-corrected chi connectivity index (χ3v) is 5.49. The van der Waals surface area contributed by atoms with Gasteiger partial charge in [0.2, 0.25) is 5.69 Å². The molecule has 0 saturated heterocycles. The van der Waals surface area contributed by atoms with E-state index in [1.165, 1.54) is 25.2 Å². The number of benzene rings is 1. The van der Waals surface area contributed by atoms with E-state index in [9.17, 15) is 0 Å². The molecule has 1 aliphatic carbocycles. The molecule has 1 aromatic heterocycles. The molecule has 3 rings (SSSR count). The molecule has 0 bridgehead atoms. The van der Waals surface area contributed by atoms with E-state index in [-0.39, 0.29) is 12.6 Å². The van der Waals surface area contributed by atoms with E-state index >= 15 is 0 Å². The SMILES string of the molecule is COc1ccc(C[N+](Cl)(Cl)c2c(Cl)cncc2Cl)cc1OC1CCCC1. The molecule has 1 aromatic carbocycles. The predicted octanol–water partition coefficient (Wildman–Crippen LogP) is 6.53. The van der Waals surface area contributed by atoms with Crippen molar-refractivity contribution in [1.29, 1.82) is 0 Å². The summed E-state index contributed by atoms with van der Waals surface area (Å²) in [6.07, 6.45) is 7.63. The molecule has 0 atom stereocenters. The molecule has 1 saturated carbocycles. The highest BCUT2D eigenvalue weighted by Crippen LogP contribution is 2.43. The normalized spacial score (nSPS) is 15.3. The average molecular weight is 437 g/mol. The number of methoxy groups -OCH3 is 1. The van der Waals surface area contributed by atoms with Crippen molar-refractivity contribution in [2.45, 2.75) is 38.3 Å². The zero-order chi connectivity index (χ0) is 18.7. The lowest BCUT2D eigenvalue weighted by molar-refractivity contribution is 0.200. The van der Waals surface area contributed by atoms with Crippen LogP contribution in [0.3, 0.4) is 0 Å². The molecular formula is C18H19Cl4N2O2+. The maximum Gasteiger partial charge on any atom is 0.210 e. The largest absolute Gasteiger partial charge is 0.493 e. The molecule has 1 fully saturated rings. The average Bonchev–Trinajstić information content (AvgIpc) is 3.07. The van der Waals surface area contributed by atoms with Gasteiger partial charge in [0.15, 0.2) is 35.1 Å². The Kier molecular flexibility index (Phi) is 6.41. The third-order valence-electron chi connectivity index (χ3n) is 4.36. The Morgan fingerprint density at radius 2 is 1.73 bits per heavy atom. The van der Waals surface area contributed by atoms with Crippen LogP contribution in [0, 0.1) is 0 Å². The summed E-state index contributed by atoms with van der Waals surface area (Å²) in [6.45, 7) is 0.248. The first kappa shape index (κ1) is 19.8. The summed E-state index contributed by atoms with van der Waals surface area (Å²) in [5.41, 5.74) is 1.26. The third kappa shape index (κ3) is 4.49.